The van der Waals surface area contributed by atoms with Crippen LogP contribution in [0.1, 0.15) is 32.6 Å². The van der Waals surface area contributed by atoms with E-state index in [2.05, 4.69) is 31.2 Å². The Morgan fingerprint density at radius 1 is 1.11 bits per heavy atom. The van der Waals surface area contributed by atoms with Crippen LogP contribution in [0.4, 0.5) is 0 Å². The SMILES string of the molecule is CCCCC1=[C-]CC=C1.[Cl-].[Cl-].[Hf+4].[c-]1ccccc1. The van der Waals surface area contributed by atoms with Crippen LogP contribution in [0.2, 0.25) is 0 Å². The van der Waals surface area contributed by atoms with Crippen molar-refractivity contribution in [3.8, 4) is 0 Å². The summed E-state index contributed by atoms with van der Waals surface area (Å²) in [5, 5.41) is 0. The molecule has 1 aliphatic rings. The van der Waals surface area contributed by atoms with Gasteiger partial charge in [-0.2, -0.15) is 42.5 Å². The Morgan fingerprint density at radius 3 is 2.11 bits per heavy atom. The van der Waals surface area contributed by atoms with Crippen molar-refractivity contribution in [2.24, 2.45) is 0 Å². The second-order valence-corrected chi connectivity index (χ2v) is 3.49. The van der Waals surface area contributed by atoms with E-state index >= 15 is 0 Å². The summed E-state index contributed by atoms with van der Waals surface area (Å²) in [6.45, 7) is 2.22. The second kappa shape index (κ2) is 17.2. The molecule has 0 amide bonds. The molecule has 0 unspecified atom stereocenters. The van der Waals surface area contributed by atoms with Gasteiger partial charge in [-0.15, -0.1) is 6.42 Å². The Kier molecular flexibility index (Phi) is 22.2. The third kappa shape index (κ3) is 12.6. The third-order valence-corrected chi connectivity index (χ3v) is 2.17. The standard InChI is InChI=1S/C9H13.C6H5.2ClH.Hf/c1-2-3-6-9-7-4-5-8-9;1-2-4-6-5-3-1;;;/h4,7H,2-3,5-6H2,1H3;1-5H;2*1H;/q2*-1;;;+4/p-2. The van der Waals surface area contributed by atoms with Crippen molar-refractivity contribution in [2.75, 3.05) is 0 Å². The van der Waals surface area contributed by atoms with E-state index in [1.165, 1.54) is 24.8 Å². The van der Waals surface area contributed by atoms with E-state index in [1.807, 2.05) is 30.3 Å². The van der Waals surface area contributed by atoms with Gasteiger partial charge in [-0.1, -0.05) is 26.2 Å². The molecule has 1 aromatic carbocycles. The minimum atomic E-state index is 0. The van der Waals surface area contributed by atoms with Crippen LogP contribution < -0.4 is 24.8 Å². The molecule has 1 aliphatic carbocycles. The number of hydrogen-bond donors (Lipinski definition) is 0. The third-order valence-electron chi connectivity index (χ3n) is 2.17. The minimum Gasteiger partial charge on any atom is -1.00 e. The molecule has 0 bridgehead atoms. The Labute approximate surface area is 143 Å². The van der Waals surface area contributed by atoms with Gasteiger partial charge in [-0.25, -0.2) is 11.6 Å². The van der Waals surface area contributed by atoms with Crippen LogP contribution >= 0.6 is 0 Å². The minimum absolute atomic E-state index is 0. The molecule has 1 aromatic rings. The maximum absolute atomic E-state index is 3.30. The topological polar surface area (TPSA) is 0 Å². The largest absolute Gasteiger partial charge is 4.00 e. The average Bonchev–Trinajstić information content (AvgIpc) is 2.82. The number of rotatable bonds is 3. The average molecular weight is 448 g/mol. The molecule has 0 saturated heterocycles. The van der Waals surface area contributed by atoms with Crippen LogP contribution in [0.15, 0.2) is 48.1 Å². The van der Waals surface area contributed by atoms with Crippen molar-refractivity contribution in [1.82, 2.24) is 0 Å². The first kappa shape index (κ1) is 23.3. The van der Waals surface area contributed by atoms with Gasteiger partial charge in [0.2, 0.25) is 0 Å². The van der Waals surface area contributed by atoms with Gasteiger partial charge in [-0.3, -0.25) is 6.08 Å². The van der Waals surface area contributed by atoms with Gasteiger partial charge in [0.25, 0.3) is 0 Å². The molecule has 0 fully saturated rings. The van der Waals surface area contributed by atoms with Crippen LogP contribution in [0.25, 0.3) is 0 Å². The quantitative estimate of drug-likeness (QED) is 0.385. The summed E-state index contributed by atoms with van der Waals surface area (Å²) < 4.78 is 0. The van der Waals surface area contributed by atoms with Crippen molar-refractivity contribution in [3.05, 3.63) is 60.2 Å². The predicted octanol–water partition coefficient (Wildman–Crippen LogP) is -1.64. The number of unbranched alkanes of at least 4 members (excludes halogenated alkanes) is 1. The van der Waals surface area contributed by atoms with E-state index in [9.17, 15) is 0 Å². The molecule has 0 heterocycles. The summed E-state index contributed by atoms with van der Waals surface area (Å²) in [6, 6.07) is 12.5. The smallest absolute Gasteiger partial charge is 1.00 e. The molecule has 0 nitrogen and oxygen atoms in total. The van der Waals surface area contributed by atoms with Crippen molar-refractivity contribution >= 4 is 0 Å². The first-order chi connectivity index (χ1) is 7.43. The summed E-state index contributed by atoms with van der Waals surface area (Å²) >= 11 is 0. The van der Waals surface area contributed by atoms with Gasteiger partial charge < -0.3 is 24.8 Å². The van der Waals surface area contributed by atoms with Gasteiger partial charge in [-0.05, 0) is 0 Å². The van der Waals surface area contributed by atoms with E-state index in [4.69, 9.17) is 0 Å². The van der Waals surface area contributed by atoms with Crippen LogP contribution in [0.3, 0.4) is 0 Å². The van der Waals surface area contributed by atoms with E-state index < -0.39 is 0 Å². The molecule has 0 atom stereocenters. The van der Waals surface area contributed by atoms with Gasteiger partial charge >= 0.3 is 25.8 Å². The Bertz CT molecular complexity index is 281. The molecule has 0 aliphatic heterocycles. The first-order valence-corrected chi connectivity index (χ1v) is 5.61. The van der Waals surface area contributed by atoms with Gasteiger partial charge in [0.15, 0.2) is 0 Å². The summed E-state index contributed by atoms with van der Waals surface area (Å²) in [5.74, 6) is 0. The molecular formula is C15H18Cl2Hf. The van der Waals surface area contributed by atoms with E-state index in [0.717, 1.165) is 6.42 Å². The molecule has 3 heteroatoms. The molecule has 0 N–H and O–H groups in total. The number of benzene rings is 1. The van der Waals surface area contributed by atoms with Gasteiger partial charge in [0.1, 0.15) is 0 Å². The summed E-state index contributed by atoms with van der Waals surface area (Å²) in [6.07, 6.45) is 12.5. The zero-order valence-electron chi connectivity index (χ0n) is 10.6. The number of hydrogen-bond acceptors (Lipinski definition) is 0. The van der Waals surface area contributed by atoms with Crippen LogP contribution in [-0.2, 0) is 25.8 Å². The summed E-state index contributed by atoms with van der Waals surface area (Å²) in [4.78, 5) is 0. The molecule has 0 radical (unpaired) electrons. The molecule has 18 heavy (non-hydrogen) atoms. The fraction of sp³-hybridized carbons (Fsp3) is 0.333. The molecule has 0 aromatic heterocycles. The molecule has 2 rings (SSSR count). The van der Waals surface area contributed by atoms with E-state index in [1.54, 1.807) is 0 Å². The zero-order valence-corrected chi connectivity index (χ0v) is 15.7. The normalized spacial score (nSPS) is 10.8. The van der Waals surface area contributed by atoms with Gasteiger partial charge in [0, 0.05) is 0 Å². The Morgan fingerprint density at radius 2 is 1.78 bits per heavy atom. The van der Waals surface area contributed by atoms with Crippen LogP contribution in [0, 0.1) is 12.1 Å². The second-order valence-electron chi connectivity index (χ2n) is 3.49. The fourth-order valence-electron chi connectivity index (χ4n) is 1.33. The van der Waals surface area contributed by atoms with Crippen LogP contribution in [0.5, 0.6) is 0 Å². The number of halogens is 2. The zero-order chi connectivity index (χ0) is 10.8. The molecule has 0 spiro atoms. The van der Waals surface area contributed by atoms with Crippen molar-refractivity contribution in [1.29, 1.82) is 0 Å². The van der Waals surface area contributed by atoms with E-state index in [0.29, 0.717) is 0 Å². The van der Waals surface area contributed by atoms with Crippen molar-refractivity contribution in [2.45, 2.75) is 32.6 Å². The summed E-state index contributed by atoms with van der Waals surface area (Å²) in [5.41, 5.74) is 1.41. The van der Waals surface area contributed by atoms with Crippen molar-refractivity contribution in [3.63, 3.8) is 0 Å². The molecule has 0 saturated carbocycles. The maximum Gasteiger partial charge on any atom is 4.00 e. The van der Waals surface area contributed by atoms with Gasteiger partial charge in [0.05, 0.1) is 0 Å². The van der Waals surface area contributed by atoms with Crippen molar-refractivity contribution < 1.29 is 50.7 Å². The number of allylic oxidation sites excluding steroid dienone is 4. The van der Waals surface area contributed by atoms with E-state index in [-0.39, 0.29) is 50.7 Å². The monoisotopic (exact) mass is 448 g/mol. The molecular weight excluding hydrogens is 430 g/mol. The fourth-order valence-corrected chi connectivity index (χ4v) is 1.33. The molecule has 96 valence electrons. The van der Waals surface area contributed by atoms with Crippen LogP contribution in [-0.4, -0.2) is 0 Å². The predicted molar refractivity (Wildman–Crippen MR) is 65.3 cm³/mol. The summed E-state index contributed by atoms with van der Waals surface area (Å²) in [7, 11) is 0. The maximum atomic E-state index is 3.30. The first-order valence-electron chi connectivity index (χ1n) is 5.61. The Balaban J connectivity index is -0.000000225. The Hall–Kier alpha value is 0.150.